The van der Waals surface area contributed by atoms with Crippen LogP contribution in [0.3, 0.4) is 0 Å². The van der Waals surface area contributed by atoms with Crippen LogP contribution in [0.5, 0.6) is 5.75 Å². The van der Waals surface area contributed by atoms with Gasteiger partial charge in [-0.2, -0.15) is 5.26 Å². The third-order valence-corrected chi connectivity index (χ3v) is 6.78. The Balaban J connectivity index is 1.35. The van der Waals surface area contributed by atoms with Gasteiger partial charge in [-0.05, 0) is 55.5 Å². The molecule has 0 atom stereocenters. The zero-order chi connectivity index (χ0) is 21.0. The van der Waals surface area contributed by atoms with Gasteiger partial charge in [-0.15, -0.1) is 0 Å². The average Bonchev–Trinajstić information content (AvgIpc) is 2.84. The summed E-state index contributed by atoms with van der Waals surface area (Å²) in [6.45, 7) is 3.34. The molecule has 2 aliphatic rings. The molecule has 1 saturated carbocycles. The van der Waals surface area contributed by atoms with Gasteiger partial charge in [0.2, 0.25) is 0 Å². The summed E-state index contributed by atoms with van der Waals surface area (Å²) in [5.41, 5.74) is 1.41. The van der Waals surface area contributed by atoms with E-state index >= 15 is 0 Å². The Kier molecular flexibility index (Phi) is 6.06. The number of piperazine rings is 1. The topological polar surface area (TPSA) is 56.6 Å². The number of hydrogen-bond donors (Lipinski definition) is 0. The Hall–Kier alpha value is -2.84. The Bertz CT molecular complexity index is 905. The van der Waals surface area contributed by atoms with Crippen LogP contribution in [0.1, 0.15) is 41.6 Å². The van der Waals surface area contributed by atoms with E-state index in [4.69, 9.17) is 4.74 Å². The summed E-state index contributed by atoms with van der Waals surface area (Å²) in [6, 6.07) is 20.6. The van der Waals surface area contributed by atoms with Crippen LogP contribution in [0, 0.1) is 11.3 Å². The van der Waals surface area contributed by atoms with E-state index in [1.807, 2.05) is 53.4 Å². The summed E-state index contributed by atoms with van der Waals surface area (Å²) in [7, 11) is 1.66. The summed E-state index contributed by atoms with van der Waals surface area (Å²) in [5, 5.41) is 10.0. The zero-order valence-corrected chi connectivity index (χ0v) is 17.6. The van der Waals surface area contributed by atoms with Crippen molar-refractivity contribution in [2.24, 2.45) is 0 Å². The van der Waals surface area contributed by atoms with E-state index in [1.54, 1.807) is 7.11 Å². The van der Waals surface area contributed by atoms with E-state index in [9.17, 15) is 10.1 Å². The maximum atomic E-state index is 12.7. The highest BCUT2D eigenvalue weighted by atomic mass is 16.5. The summed E-state index contributed by atoms with van der Waals surface area (Å²) < 4.78 is 5.36. The van der Waals surface area contributed by atoms with Crippen LogP contribution in [-0.2, 0) is 5.41 Å². The Morgan fingerprint density at radius 3 is 2.37 bits per heavy atom. The van der Waals surface area contributed by atoms with Crippen molar-refractivity contribution in [1.82, 2.24) is 9.80 Å². The highest BCUT2D eigenvalue weighted by Crippen LogP contribution is 2.41. The molecule has 2 aromatic carbocycles. The molecule has 0 spiro atoms. The average molecular weight is 404 g/mol. The molecule has 30 heavy (non-hydrogen) atoms. The third-order valence-electron chi connectivity index (χ3n) is 6.78. The van der Waals surface area contributed by atoms with Crippen molar-refractivity contribution in [1.29, 1.82) is 5.26 Å². The number of carbonyl (C=O) groups is 1. The fourth-order valence-electron chi connectivity index (χ4n) is 4.90. The van der Waals surface area contributed by atoms with Gasteiger partial charge in [-0.1, -0.05) is 30.3 Å². The van der Waals surface area contributed by atoms with Crippen LogP contribution in [-0.4, -0.2) is 55.0 Å². The molecule has 4 rings (SSSR count). The van der Waals surface area contributed by atoms with Gasteiger partial charge in [0.15, 0.2) is 0 Å². The lowest BCUT2D eigenvalue weighted by Gasteiger charge is -2.44. The van der Waals surface area contributed by atoms with Crippen LogP contribution in [0.4, 0.5) is 0 Å². The quantitative estimate of drug-likeness (QED) is 0.778. The van der Waals surface area contributed by atoms with Crippen LogP contribution in [0.2, 0.25) is 0 Å². The van der Waals surface area contributed by atoms with E-state index in [0.29, 0.717) is 6.04 Å². The first-order chi connectivity index (χ1) is 14.6. The van der Waals surface area contributed by atoms with Gasteiger partial charge in [0, 0.05) is 37.8 Å². The first-order valence-corrected chi connectivity index (χ1v) is 10.8. The molecular weight excluding hydrogens is 374 g/mol. The molecule has 2 aromatic rings. The number of methoxy groups -OCH3 is 1. The number of nitriles is 1. The van der Waals surface area contributed by atoms with Crippen LogP contribution in [0.25, 0.3) is 0 Å². The minimum atomic E-state index is -0.420. The van der Waals surface area contributed by atoms with Crippen molar-refractivity contribution < 1.29 is 9.53 Å². The molecule has 1 saturated heterocycles. The lowest BCUT2D eigenvalue weighted by Crippen LogP contribution is -2.53. The van der Waals surface area contributed by atoms with Gasteiger partial charge in [-0.3, -0.25) is 9.69 Å². The normalized spacial score (nSPS) is 24.8. The number of carbonyl (C=O) groups excluding carboxylic acids is 1. The highest BCUT2D eigenvalue weighted by Gasteiger charge is 2.39. The standard InChI is InChI=1S/C25H29N3O2/c1-30-23-9-5-8-21(18-23)25(19-26)12-10-22(11-13-25)27-14-16-28(17-15-27)24(29)20-6-3-2-4-7-20/h2-9,18,22H,10-17H2,1H3/t22-,25-. The molecule has 1 aliphatic heterocycles. The largest absolute Gasteiger partial charge is 0.497 e. The summed E-state index contributed by atoms with van der Waals surface area (Å²) in [5.74, 6) is 0.934. The van der Waals surface area contributed by atoms with Crippen molar-refractivity contribution in [3.63, 3.8) is 0 Å². The molecule has 0 N–H and O–H groups in total. The van der Waals surface area contributed by atoms with Gasteiger partial charge in [0.25, 0.3) is 5.91 Å². The van der Waals surface area contributed by atoms with E-state index < -0.39 is 5.41 Å². The third kappa shape index (κ3) is 4.06. The second-order valence-electron chi connectivity index (χ2n) is 8.35. The second kappa shape index (κ2) is 8.89. The van der Waals surface area contributed by atoms with Crippen molar-refractivity contribution in [2.75, 3.05) is 33.3 Å². The van der Waals surface area contributed by atoms with Gasteiger partial charge < -0.3 is 9.64 Å². The Morgan fingerprint density at radius 1 is 1.03 bits per heavy atom. The van der Waals surface area contributed by atoms with E-state index in [0.717, 1.165) is 68.7 Å². The fraction of sp³-hybridized carbons (Fsp3) is 0.440. The van der Waals surface area contributed by atoms with Crippen molar-refractivity contribution in [3.05, 3.63) is 65.7 Å². The predicted octanol–water partition coefficient (Wildman–Crippen LogP) is 3.86. The summed E-state index contributed by atoms with van der Waals surface area (Å²) in [6.07, 6.45) is 3.75. The van der Waals surface area contributed by atoms with Crippen molar-refractivity contribution in [2.45, 2.75) is 37.1 Å². The molecule has 1 heterocycles. The van der Waals surface area contributed by atoms with Gasteiger partial charge in [0.1, 0.15) is 5.75 Å². The molecule has 5 heteroatoms. The first kappa shape index (κ1) is 20.4. The second-order valence-corrected chi connectivity index (χ2v) is 8.35. The molecule has 156 valence electrons. The zero-order valence-electron chi connectivity index (χ0n) is 17.6. The molecule has 2 fully saturated rings. The van der Waals surface area contributed by atoms with Crippen LogP contribution >= 0.6 is 0 Å². The fourth-order valence-corrected chi connectivity index (χ4v) is 4.90. The van der Waals surface area contributed by atoms with E-state index in [-0.39, 0.29) is 5.91 Å². The summed E-state index contributed by atoms with van der Waals surface area (Å²) >= 11 is 0. The van der Waals surface area contributed by atoms with Crippen LogP contribution < -0.4 is 4.74 Å². The minimum Gasteiger partial charge on any atom is -0.497 e. The lowest BCUT2D eigenvalue weighted by atomic mass is 9.69. The van der Waals surface area contributed by atoms with Crippen molar-refractivity contribution in [3.8, 4) is 11.8 Å². The number of amides is 1. The van der Waals surface area contributed by atoms with E-state index in [2.05, 4.69) is 17.0 Å². The monoisotopic (exact) mass is 403 g/mol. The molecule has 5 nitrogen and oxygen atoms in total. The predicted molar refractivity (Wildman–Crippen MR) is 116 cm³/mol. The van der Waals surface area contributed by atoms with Gasteiger partial charge >= 0.3 is 0 Å². The van der Waals surface area contributed by atoms with Crippen molar-refractivity contribution >= 4 is 5.91 Å². The smallest absolute Gasteiger partial charge is 0.253 e. The lowest BCUT2D eigenvalue weighted by molar-refractivity contribution is 0.0497. The Morgan fingerprint density at radius 2 is 1.73 bits per heavy atom. The SMILES string of the molecule is COc1cccc([C@]2(C#N)CC[C@@H](N3CCN(C(=O)c4ccccc4)CC3)CC2)c1. The molecule has 0 bridgehead atoms. The summed E-state index contributed by atoms with van der Waals surface area (Å²) in [4.78, 5) is 17.2. The van der Waals surface area contributed by atoms with E-state index in [1.165, 1.54) is 0 Å². The molecule has 1 aliphatic carbocycles. The molecule has 0 radical (unpaired) electrons. The van der Waals surface area contributed by atoms with Gasteiger partial charge in [0.05, 0.1) is 18.6 Å². The first-order valence-electron chi connectivity index (χ1n) is 10.8. The molecule has 0 unspecified atom stereocenters. The number of nitrogens with zero attached hydrogens (tertiary/aromatic N) is 3. The maximum absolute atomic E-state index is 12.7. The molecule has 1 amide bonds. The molecule has 0 aromatic heterocycles. The number of benzene rings is 2. The Labute approximate surface area is 178 Å². The number of ether oxygens (including phenoxy) is 1. The molecular formula is C25H29N3O2. The number of rotatable bonds is 4. The van der Waals surface area contributed by atoms with Crippen LogP contribution in [0.15, 0.2) is 54.6 Å². The highest BCUT2D eigenvalue weighted by molar-refractivity contribution is 5.94. The maximum Gasteiger partial charge on any atom is 0.253 e. The minimum absolute atomic E-state index is 0.125. The van der Waals surface area contributed by atoms with Gasteiger partial charge in [-0.25, -0.2) is 0 Å². The number of hydrogen-bond acceptors (Lipinski definition) is 4.